The number of nitrogens with zero attached hydrogens (tertiary/aromatic N) is 1. The molecule has 0 fully saturated rings. The van der Waals surface area contributed by atoms with Crippen molar-refractivity contribution in [3.63, 3.8) is 0 Å². The van der Waals surface area contributed by atoms with E-state index in [1.54, 1.807) is 24.3 Å². The number of hydrogen-bond acceptors (Lipinski definition) is 3. The van der Waals surface area contributed by atoms with E-state index in [4.69, 9.17) is 22.5 Å². The van der Waals surface area contributed by atoms with Crippen LogP contribution in [0.5, 0.6) is 0 Å². The zero-order valence-electron chi connectivity index (χ0n) is 10.1. The SMILES string of the molecule is CCC(NC(=O)Cc1ccc(Cl)cc1)/C(N)=N/O. The molecule has 0 aliphatic carbocycles. The Labute approximate surface area is 111 Å². The zero-order valence-corrected chi connectivity index (χ0v) is 10.8. The normalized spacial score (nSPS) is 13.1. The van der Waals surface area contributed by atoms with Gasteiger partial charge in [0, 0.05) is 5.02 Å². The molecular formula is C12H16ClN3O2. The van der Waals surface area contributed by atoms with E-state index in [1.165, 1.54) is 0 Å². The molecule has 1 aromatic rings. The minimum absolute atomic E-state index is 0.00181. The van der Waals surface area contributed by atoms with E-state index in [0.717, 1.165) is 5.56 Å². The molecule has 1 unspecified atom stereocenters. The van der Waals surface area contributed by atoms with Gasteiger partial charge in [-0.1, -0.05) is 35.8 Å². The van der Waals surface area contributed by atoms with E-state index in [-0.39, 0.29) is 18.2 Å². The molecule has 1 amide bonds. The molecule has 1 aromatic carbocycles. The third-order valence-corrected chi connectivity index (χ3v) is 2.75. The fourth-order valence-corrected chi connectivity index (χ4v) is 1.61. The van der Waals surface area contributed by atoms with Gasteiger partial charge in [-0.05, 0) is 24.1 Å². The number of halogens is 1. The van der Waals surface area contributed by atoms with E-state index in [0.29, 0.717) is 11.4 Å². The summed E-state index contributed by atoms with van der Waals surface area (Å²) in [6.45, 7) is 1.84. The zero-order chi connectivity index (χ0) is 13.5. The number of rotatable bonds is 5. The van der Waals surface area contributed by atoms with Crippen LogP contribution in [0.15, 0.2) is 29.4 Å². The van der Waals surface area contributed by atoms with Gasteiger partial charge in [0.25, 0.3) is 0 Å². The minimum Gasteiger partial charge on any atom is -0.409 e. The molecule has 6 heteroatoms. The number of benzene rings is 1. The summed E-state index contributed by atoms with van der Waals surface area (Å²) >= 11 is 5.75. The molecule has 0 aromatic heterocycles. The summed E-state index contributed by atoms with van der Waals surface area (Å²) in [5.41, 5.74) is 6.31. The summed E-state index contributed by atoms with van der Waals surface area (Å²) in [6, 6.07) is 6.57. The summed E-state index contributed by atoms with van der Waals surface area (Å²) in [5.74, 6) is -0.183. The molecule has 0 bridgehead atoms. The first-order valence-electron chi connectivity index (χ1n) is 5.58. The lowest BCUT2D eigenvalue weighted by molar-refractivity contribution is -0.120. The highest BCUT2D eigenvalue weighted by Crippen LogP contribution is 2.10. The lowest BCUT2D eigenvalue weighted by Crippen LogP contribution is -2.44. The molecule has 4 N–H and O–H groups in total. The van der Waals surface area contributed by atoms with Crippen molar-refractivity contribution >= 4 is 23.3 Å². The molecule has 0 saturated heterocycles. The van der Waals surface area contributed by atoms with Crippen molar-refractivity contribution in [3.8, 4) is 0 Å². The molecule has 18 heavy (non-hydrogen) atoms. The van der Waals surface area contributed by atoms with Crippen LogP contribution in [0, 0.1) is 0 Å². The van der Waals surface area contributed by atoms with E-state index in [1.807, 2.05) is 6.92 Å². The highest BCUT2D eigenvalue weighted by atomic mass is 35.5. The highest BCUT2D eigenvalue weighted by Gasteiger charge is 2.14. The van der Waals surface area contributed by atoms with E-state index in [9.17, 15) is 4.79 Å². The summed E-state index contributed by atoms with van der Waals surface area (Å²) < 4.78 is 0. The molecule has 1 rings (SSSR count). The van der Waals surface area contributed by atoms with E-state index >= 15 is 0 Å². The van der Waals surface area contributed by atoms with Crippen molar-refractivity contribution in [3.05, 3.63) is 34.9 Å². The Morgan fingerprint density at radius 1 is 1.50 bits per heavy atom. The summed E-state index contributed by atoms with van der Waals surface area (Å²) in [7, 11) is 0. The molecule has 0 aliphatic heterocycles. The number of oxime groups is 1. The maximum Gasteiger partial charge on any atom is 0.225 e. The molecule has 5 nitrogen and oxygen atoms in total. The average molecular weight is 270 g/mol. The summed E-state index contributed by atoms with van der Waals surface area (Å²) in [5, 5.41) is 14.8. The summed E-state index contributed by atoms with van der Waals surface area (Å²) in [6.07, 6.45) is 0.786. The third-order valence-electron chi connectivity index (χ3n) is 2.49. The van der Waals surface area contributed by atoms with Crippen molar-refractivity contribution in [2.45, 2.75) is 25.8 Å². The van der Waals surface area contributed by atoms with Crippen LogP contribution in [0.25, 0.3) is 0 Å². The van der Waals surface area contributed by atoms with Crippen molar-refractivity contribution in [2.75, 3.05) is 0 Å². The number of carbonyl (C=O) groups is 1. The Kier molecular flexibility index (Phi) is 5.45. The maximum absolute atomic E-state index is 11.8. The Hall–Kier alpha value is -1.75. The van der Waals surface area contributed by atoms with Gasteiger partial charge in [0.1, 0.15) is 0 Å². The second-order valence-electron chi connectivity index (χ2n) is 3.86. The van der Waals surface area contributed by atoms with Gasteiger partial charge in [0.05, 0.1) is 12.5 Å². The number of hydrogen-bond donors (Lipinski definition) is 3. The minimum atomic E-state index is -0.449. The Balaban J connectivity index is 2.58. The van der Waals surface area contributed by atoms with E-state index in [2.05, 4.69) is 10.5 Å². The van der Waals surface area contributed by atoms with Crippen LogP contribution in [0.1, 0.15) is 18.9 Å². The van der Waals surface area contributed by atoms with Gasteiger partial charge in [-0.25, -0.2) is 0 Å². The molecule has 0 saturated carbocycles. The molecular weight excluding hydrogens is 254 g/mol. The van der Waals surface area contributed by atoms with Crippen LogP contribution >= 0.6 is 11.6 Å². The first-order chi connectivity index (χ1) is 8.56. The maximum atomic E-state index is 11.8. The number of amidine groups is 1. The van der Waals surface area contributed by atoms with Gasteiger partial charge in [-0.15, -0.1) is 0 Å². The Bertz CT molecular complexity index is 431. The Morgan fingerprint density at radius 3 is 2.61 bits per heavy atom. The van der Waals surface area contributed by atoms with Crippen LogP contribution in [0.3, 0.4) is 0 Å². The van der Waals surface area contributed by atoms with Crippen LogP contribution in [0.4, 0.5) is 0 Å². The highest BCUT2D eigenvalue weighted by molar-refractivity contribution is 6.30. The predicted octanol–water partition coefficient (Wildman–Crippen LogP) is 1.52. The van der Waals surface area contributed by atoms with E-state index < -0.39 is 6.04 Å². The molecule has 0 radical (unpaired) electrons. The Morgan fingerprint density at radius 2 is 2.11 bits per heavy atom. The van der Waals surface area contributed by atoms with Crippen molar-refractivity contribution in [1.29, 1.82) is 0 Å². The van der Waals surface area contributed by atoms with Gasteiger partial charge < -0.3 is 16.3 Å². The number of amides is 1. The number of nitrogens with two attached hydrogens (primary N) is 1. The quantitative estimate of drug-likeness (QED) is 0.328. The topological polar surface area (TPSA) is 87.7 Å². The monoisotopic (exact) mass is 269 g/mol. The molecule has 98 valence electrons. The van der Waals surface area contributed by atoms with Crippen LogP contribution in [0.2, 0.25) is 5.02 Å². The fraction of sp³-hybridized carbons (Fsp3) is 0.333. The smallest absolute Gasteiger partial charge is 0.225 e. The average Bonchev–Trinajstić information content (AvgIpc) is 2.37. The van der Waals surface area contributed by atoms with Gasteiger partial charge in [-0.2, -0.15) is 0 Å². The fourth-order valence-electron chi connectivity index (χ4n) is 1.49. The third kappa shape index (κ3) is 4.25. The van der Waals surface area contributed by atoms with Crippen molar-refractivity contribution in [1.82, 2.24) is 5.32 Å². The molecule has 0 heterocycles. The lowest BCUT2D eigenvalue weighted by atomic mass is 10.1. The van der Waals surface area contributed by atoms with Crippen molar-refractivity contribution in [2.24, 2.45) is 10.9 Å². The van der Waals surface area contributed by atoms with Crippen LogP contribution < -0.4 is 11.1 Å². The number of nitrogens with one attached hydrogen (secondary N) is 1. The predicted molar refractivity (Wildman–Crippen MR) is 70.8 cm³/mol. The van der Waals surface area contributed by atoms with Gasteiger partial charge in [0.15, 0.2) is 5.84 Å². The largest absolute Gasteiger partial charge is 0.409 e. The van der Waals surface area contributed by atoms with Crippen LogP contribution in [-0.2, 0) is 11.2 Å². The number of carbonyl (C=O) groups excluding carboxylic acids is 1. The first kappa shape index (κ1) is 14.3. The van der Waals surface area contributed by atoms with Crippen molar-refractivity contribution < 1.29 is 10.0 Å². The summed E-state index contributed by atoms with van der Waals surface area (Å²) in [4.78, 5) is 11.8. The molecule has 1 atom stereocenters. The second-order valence-corrected chi connectivity index (χ2v) is 4.29. The molecule has 0 aliphatic rings. The van der Waals surface area contributed by atoms with Crippen LogP contribution in [-0.4, -0.2) is 23.0 Å². The second kappa shape index (κ2) is 6.86. The van der Waals surface area contributed by atoms with Gasteiger partial charge >= 0.3 is 0 Å². The van der Waals surface area contributed by atoms with Gasteiger partial charge in [0.2, 0.25) is 5.91 Å². The standard InChI is InChI=1S/C12H16ClN3O2/c1-2-10(12(14)16-18)15-11(17)7-8-3-5-9(13)6-4-8/h3-6,10,18H,2,7H2,1H3,(H2,14,16)(H,15,17). The lowest BCUT2D eigenvalue weighted by Gasteiger charge is -2.15. The molecule has 0 spiro atoms. The first-order valence-corrected chi connectivity index (χ1v) is 5.95. The van der Waals surface area contributed by atoms with Gasteiger partial charge in [-0.3, -0.25) is 4.79 Å².